The first-order valence-corrected chi connectivity index (χ1v) is 13.2. The SMILES string of the molecule is O=C(O)c1ccc2c(c1)CCCC(c1ccc(Cl)cc1F)=C2c1ccc(CC2CN(CCCF)C2)cc1. The molecule has 1 heterocycles. The lowest BCUT2D eigenvalue weighted by atomic mass is 9.86. The van der Waals surface area contributed by atoms with Crippen molar-refractivity contribution in [2.45, 2.75) is 32.1 Å². The van der Waals surface area contributed by atoms with Crippen LogP contribution in [-0.2, 0) is 12.8 Å². The van der Waals surface area contributed by atoms with E-state index >= 15 is 4.39 Å². The Morgan fingerprint density at radius 2 is 1.76 bits per heavy atom. The predicted molar refractivity (Wildman–Crippen MR) is 144 cm³/mol. The summed E-state index contributed by atoms with van der Waals surface area (Å²) in [6.45, 7) is 2.58. The van der Waals surface area contributed by atoms with E-state index in [1.165, 1.54) is 11.6 Å². The fourth-order valence-corrected chi connectivity index (χ4v) is 5.83. The summed E-state index contributed by atoms with van der Waals surface area (Å²) in [7, 11) is 0. The summed E-state index contributed by atoms with van der Waals surface area (Å²) in [5.74, 6) is -0.730. The number of carbonyl (C=O) groups is 1. The number of hydrogen-bond acceptors (Lipinski definition) is 2. The van der Waals surface area contributed by atoms with E-state index in [-0.39, 0.29) is 18.1 Å². The second-order valence-electron chi connectivity index (χ2n) is 10.1. The molecule has 3 aromatic rings. The molecule has 0 radical (unpaired) electrons. The van der Waals surface area contributed by atoms with Crippen molar-refractivity contribution in [3.8, 4) is 0 Å². The Kier molecular flexibility index (Phi) is 7.73. The summed E-state index contributed by atoms with van der Waals surface area (Å²) in [5, 5.41) is 9.88. The number of allylic oxidation sites excluding steroid dienone is 1. The quantitative estimate of drug-likeness (QED) is 0.338. The molecule has 0 bridgehead atoms. The van der Waals surface area contributed by atoms with E-state index in [0.717, 1.165) is 66.7 Å². The molecule has 37 heavy (non-hydrogen) atoms. The normalized spacial score (nSPS) is 16.3. The highest BCUT2D eigenvalue weighted by molar-refractivity contribution is 6.30. The molecule has 1 aliphatic carbocycles. The van der Waals surface area contributed by atoms with Gasteiger partial charge in [-0.15, -0.1) is 0 Å². The number of carboxylic acids is 1. The fourth-order valence-electron chi connectivity index (χ4n) is 5.67. The zero-order valence-corrected chi connectivity index (χ0v) is 21.4. The van der Waals surface area contributed by atoms with Crippen molar-refractivity contribution < 1.29 is 18.7 Å². The largest absolute Gasteiger partial charge is 0.478 e. The van der Waals surface area contributed by atoms with Gasteiger partial charge in [0.2, 0.25) is 0 Å². The van der Waals surface area contributed by atoms with E-state index in [2.05, 4.69) is 29.2 Å². The minimum Gasteiger partial charge on any atom is -0.478 e. The van der Waals surface area contributed by atoms with Gasteiger partial charge in [0.25, 0.3) is 0 Å². The number of nitrogens with zero attached hydrogens (tertiary/aromatic N) is 1. The number of rotatable bonds is 8. The lowest BCUT2D eigenvalue weighted by molar-refractivity contribution is 0.0696. The molecule has 2 aliphatic rings. The molecule has 3 nitrogen and oxygen atoms in total. The molecule has 0 saturated carbocycles. The molecule has 1 aliphatic heterocycles. The molecular weight excluding hydrogens is 492 g/mol. The van der Waals surface area contributed by atoms with Crippen LogP contribution in [-0.4, -0.2) is 42.3 Å². The fraction of sp³-hybridized carbons (Fsp3) is 0.323. The molecule has 0 amide bonds. The van der Waals surface area contributed by atoms with Crippen LogP contribution in [0.5, 0.6) is 0 Å². The Morgan fingerprint density at radius 3 is 2.46 bits per heavy atom. The molecular formula is C31H30ClF2NO2. The highest BCUT2D eigenvalue weighted by Gasteiger charge is 2.27. The minimum atomic E-state index is -0.954. The van der Waals surface area contributed by atoms with E-state index < -0.39 is 5.97 Å². The monoisotopic (exact) mass is 521 g/mol. The molecule has 0 unspecified atom stereocenters. The molecule has 1 N–H and O–H groups in total. The molecule has 1 fully saturated rings. The third-order valence-electron chi connectivity index (χ3n) is 7.46. The van der Waals surface area contributed by atoms with Crippen molar-refractivity contribution in [2.75, 3.05) is 26.3 Å². The summed E-state index contributed by atoms with van der Waals surface area (Å²) in [6, 6.07) is 18.5. The maximum atomic E-state index is 15.1. The van der Waals surface area contributed by atoms with Gasteiger partial charge in [-0.3, -0.25) is 4.39 Å². The van der Waals surface area contributed by atoms with Crippen LogP contribution in [0.4, 0.5) is 8.78 Å². The maximum Gasteiger partial charge on any atom is 0.335 e. The zero-order chi connectivity index (χ0) is 25.9. The van der Waals surface area contributed by atoms with Gasteiger partial charge in [0.15, 0.2) is 0 Å². The number of alkyl halides is 1. The van der Waals surface area contributed by atoms with Crippen molar-refractivity contribution in [2.24, 2.45) is 5.92 Å². The average Bonchev–Trinajstić information content (AvgIpc) is 3.04. The van der Waals surface area contributed by atoms with Crippen LogP contribution in [0.3, 0.4) is 0 Å². The first kappa shape index (κ1) is 25.6. The predicted octanol–water partition coefficient (Wildman–Crippen LogP) is 7.31. The molecule has 5 rings (SSSR count). The van der Waals surface area contributed by atoms with Crippen LogP contribution >= 0.6 is 11.6 Å². The van der Waals surface area contributed by atoms with Crippen LogP contribution in [0, 0.1) is 11.7 Å². The Bertz CT molecular complexity index is 1330. The molecule has 3 aromatic carbocycles. The first-order chi connectivity index (χ1) is 17.9. The second kappa shape index (κ2) is 11.2. The highest BCUT2D eigenvalue weighted by Crippen LogP contribution is 2.41. The van der Waals surface area contributed by atoms with Gasteiger partial charge >= 0.3 is 5.97 Å². The van der Waals surface area contributed by atoms with Crippen molar-refractivity contribution in [3.63, 3.8) is 0 Å². The Morgan fingerprint density at radius 1 is 1.00 bits per heavy atom. The third kappa shape index (κ3) is 5.63. The molecule has 1 saturated heterocycles. The number of fused-ring (bicyclic) bond motifs is 1. The van der Waals surface area contributed by atoms with Gasteiger partial charge in [0.05, 0.1) is 12.2 Å². The third-order valence-corrected chi connectivity index (χ3v) is 7.70. The molecule has 0 spiro atoms. The van der Waals surface area contributed by atoms with Gasteiger partial charge in [0, 0.05) is 30.2 Å². The molecule has 0 aromatic heterocycles. The Hall–Kier alpha value is -3.02. The number of aryl methyl sites for hydroxylation is 1. The van der Waals surface area contributed by atoms with E-state index in [1.54, 1.807) is 24.3 Å². The van der Waals surface area contributed by atoms with Gasteiger partial charge < -0.3 is 10.0 Å². The maximum absolute atomic E-state index is 15.1. The number of hydrogen-bond donors (Lipinski definition) is 1. The smallest absolute Gasteiger partial charge is 0.335 e. The zero-order valence-electron chi connectivity index (χ0n) is 20.7. The van der Waals surface area contributed by atoms with E-state index in [9.17, 15) is 14.3 Å². The molecule has 192 valence electrons. The standard InChI is InChI=1S/C31H30ClF2NO2/c32-25-10-12-27(29(34)17-25)28-4-1-3-23-16-24(31(36)37)9-11-26(23)30(28)22-7-5-20(6-8-22)15-21-18-35(19-21)14-2-13-33/h5-12,16-17,21H,1-4,13-15,18-19H2,(H,36,37). The van der Waals surface area contributed by atoms with Crippen LogP contribution in [0.2, 0.25) is 5.02 Å². The Labute approximate surface area is 221 Å². The number of aromatic carboxylic acids is 1. The summed E-state index contributed by atoms with van der Waals surface area (Å²) in [6.07, 6.45) is 3.75. The average molecular weight is 522 g/mol. The van der Waals surface area contributed by atoms with Gasteiger partial charge in [-0.1, -0.05) is 48.0 Å². The summed E-state index contributed by atoms with van der Waals surface area (Å²) in [4.78, 5) is 13.9. The van der Waals surface area contributed by atoms with Crippen molar-refractivity contribution in [3.05, 3.63) is 105 Å². The summed E-state index contributed by atoms with van der Waals surface area (Å²) >= 11 is 6.05. The molecule has 0 atom stereocenters. The number of carboxylic acid groups (broad SMARTS) is 1. The summed E-state index contributed by atoms with van der Waals surface area (Å²) in [5.41, 5.74) is 6.78. The highest BCUT2D eigenvalue weighted by atomic mass is 35.5. The topological polar surface area (TPSA) is 40.5 Å². The summed E-state index contributed by atoms with van der Waals surface area (Å²) < 4.78 is 27.6. The minimum absolute atomic E-state index is 0.260. The van der Waals surface area contributed by atoms with E-state index in [1.807, 2.05) is 6.07 Å². The lowest BCUT2D eigenvalue weighted by Gasteiger charge is -2.39. The van der Waals surface area contributed by atoms with Gasteiger partial charge in [-0.25, -0.2) is 9.18 Å². The van der Waals surface area contributed by atoms with Crippen molar-refractivity contribution >= 4 is 28.7 Å². The van der Waals surface area contributed by atoms with Gasteiger partial charge in [-0.2, -0.15) is 0 Å². The number of halogens is 3. The van der Waals surface area contributed by atoms with E-state index in [0.29, 0.717) is 29.3 Å². The van der Waals surface area contributed by atoms with Gasteiger partial charge in [-0.05, 0) is 95.7 Å². The van der Waals surface area contributed by atoms with Crippen LogP contribution in [0.15, 0.2) is 60.7 Å². The lowest BCUT2D eigenvalue weighted by Crippen LogP contribution is -2.47. The first-order valence-electron chi connectivity index (χ1n) is 12.9. The van der Waals surface area contributed by atoms with Crippen LogP contribution in [0.25, 0.3) is 11.1 Å². The van der Waals surface area contributed by atoms with E-state index in [4.69, 9.17) is 11.6 Å². The van der Waals surface area contributed by atoms with Crippen LogP contribution < -0.4 is 0 Å². The molecule has 6 heteroatoms. The van der Waals surface area contributed by atoms with Crippen molar-refractivity contribution in [1.82, 2.24) is 4.90 Å². The van der Waals surface area contributed by atoms with Crippen LogP contribution in [0.1, 0.15) is 57.4 Å². The second-order valence-corrected chi connectivity index (χ2v) is 10.5. The number of likely N-dealkylation sites (tertiary alicyclic amines) is 1. The Balaban J connectivity index is 1.51. The van der Waals surface area contributed by atoms with Gasteiger partial charge in [0.1, 0.15) is 5.82 Å². The number of benzene rings is 3. The van der Waals surface area contributed by atoms with Crippen molar-refractivity contribution in [1.29, 1.82) is 0 Å².